The van der Waals surface area contributed by atoms with Crippen molar-refractivity contribution < 1.29 is 9.59 Å². The van der Waals surface area contributed by atoms with Crippen molar-refractivity contribution in [3.63, 3.8) is 0 Å². The molecule has 1 spiro atoms. The van der Waals surface area contributed by atoms with Crippen LogP contribution < -0.4 is 10.2 Å². The number of carbonyl (C=O) groups is 2. The second-order valence-corrected chi connectivity index (χ2v) is 6.77. The van der Waals surface area contributed by atoms with Crippen molar-refractivity contribution in [2.45, 2.75) is 32.7 Å². The highest BCUT2D eigenvalue weighted by atomic mass is 16.2. The fourth-order valence-corrected chi connectivity index (χ4v) is 3.46. The van der Waals surface area contributed by atoms with E-state index < -0.39 is 0 Å². The molecule has 0 saturated carbocycles. The second kappa shape index (κ2) is 5.63. The number of amides is 3. The number of hydrogen-bond donors (Lipinski definition) is 1. The Morgan fingerprint density at radius 1 is 1.23 bits per heavy atom. The zero-order valence-electron chi connectivity index (χ0n) is 13.2. The predicted octanol–water partition coefficient (Wildman–Crippen LogP) is 2.23. The normalized spacial score (nSPS) is 24.6. The lowest BCUT2D eigenvalue weighted by Gasteiger charge is -2.24. The van der Waals surface area contributed by atoms with Gasteiger partial charge in [-0.2, -0.15) is 0 Å². The number of rotatable bonds is 2. The summed E-state index contributed by atoms with van der Waals surface area (Å²) in [6.07, 6.45) is 1.43. The molecule has 5 heteroatoms. The van der Waals surface area contributed by atoms with Crippen molar-refractivity contribution in [2.24, 2.45) is 5.41 Å². The largest absolute Gasteiger partial charge is 0.336 e. The van der Waals surface area contributed by atoms with E-state index in [1.165, 1.54) is 0 Å². The van der Waals surface area contributed by atoms with Crippen LogP contribution >= 0.6 is 0 Å². The number of hydrogen-bond acceptors (Lipinski definition) is 2. The summed E-state index contributed by atoms with van der Waals surface area (Å²) in [5, 5.41) is 2.93. The van der Waals surface area contributed by atoms with Crippen molar-refractivity contribution in [3.05, 3.63) is 30.3 Å². The molecule has 3 rings (SSSR count). The summed E-state index contributed by atoms with van der Waals surface area (Å²) < 4.78 is 0. The van der Waals surface area contributed by atoms with Crippen molar-refractivity contribution in [2.75, 3.05) is 24.5 Å². The first-order chi connectivity index (χ1) is 10.5. The molecular weight excluding hydrogens is 278 g/mol. The van der Waals surface area contributed by atoms with Crippen LogP contribution in [0.2, 0.25) is 0 Å². The Bertz CT molecular complexity index is 573. The number of urea groups is 1. The molecule has 0 aromatic heterocycles. The van der Waals surface area contributed by atoms with Crippen LogP contribution in [-0.2, 0) is 4.79 Å². The van der Waals surface area contributed by atoms with E-state index in [1.807, 2.05) is 54.0 Å². The van der Waals surface area contributed by atoms with Gasteiger partial charge in [-0.3, -0.25) is 4.79 Å². The van der Waals surface area contributed by atoms with Gasteiger partial charge in [-0.25, -0.2) is 4.79 Å². The van der Waals surface area contributed by atoms with Crippen molar-refractivity contribution in [3.8, 4) is 0 Å². The van der Waals surface area contributed by atoms with Crippen molar-refractivity contribution in [1.29, 1.82) is 0 Å². The molecule has 1 atom stereocenters. The maximum absolute atomic E-state index is 12.4. The maximum atomic E-state index is 12.4. The highest BCUT2D eigenvalue weighted by molar-refractivity contribution is 5.96. The van der Waals surface area contributed by atoms with Gasteiger partial charge in [-0.1, -0.05) is 18.2 Å². The van der Waals surface area contributed by atoms with Gasteiger partial charge in [0.2, 0.25) is 5.91 Å². The average Bonchev–Trinajstić information content (AvgIpc) is 3.03. The van der Waals surface area contributed by atoms with Gasteiger partial charge in [0.05, 0.1) is 0 Å². The number of para-hydroxylation sites is 1. The smallest absolute Gasteiger partial charge is 0.317 e. The third-order valence-corrected chi connectivity index (χ3v) is 4.53. The molecule has 0 bridgehead atoms. The van der Waals surface area contributed by atoms with E-state index in [1.54, 1.807) is 0 Å². The SMILES string of the molecule is CC(C)NC(=O)N1CCC2(CC(=O)N(c3ccccc3)C2)C1. The van der Waals surface area contributed by atoms with Crippen LogP contribution in [0.5, 0.6) is 0 Å². The summed E-state index contributed by atoms with van der Waals surface area (Å²) in [7, 11) is 0. The number of likely N-dealkylation sites (tertiary alicyclic amines) is 1. The Balaban J connectivity index is 1.69. The zero-order chi connectivity index (χ0) is 15.7. The molecule has 118 valence electrons. The summed E-state index contributed by atoms with van der Waals surface area (Å²) in [5.41, 5.74) is 0.871. The lowest BCUT2D eigenvalue weighted by atomic mass is 9.86. The van der Waals surface area contributed by atoms with E-state index in [9.17, 15) is 9.59 Å². The van der Waals surface area contributed by atoms with Crippen LogP contribution in [0.1, 0.15) is 26.7 Å². The van der Waals surface area contributed by atoms with E-state index in [0.717, 1.165) is 18.7 Å². The molecule has 1 aromatic carbocycles. The molecule has 2 aliphatic heterocycles. The average molecular weight is 301 g/mol. The van der Waals surface area contributed by atoms with Gasteiger partial charge in [-0.05, 0) is 32.4 Å². The van der Waals surface area contributed by atoms with Crippen LogP contribution in [0.4, 0.5) is 10.5 Å². The molecule has 1 N–H and O–H groups in total. The molecular formula is C17H23N3O2. The third-order valence-electron chi connectivity index (χ3n) is 4.53. The Hall–Kier alpha value is -2.04. The molecule has 1 unspecified atom stereocenters. The predicted molar refractivity (Wildman–Crippen MR) is 85.7 cm³/mol. The molecule has 1 aromatic rings. The number of nitrogens with zero attached hydrogens (tertiary/aromatic N) is 2. The monoisotopic (exact) mass is 301 g/mol. The van der Waals surface area contributed by atoms with E-state index >= 15 is 0 Å². The minimum absolute atomic E-state index is 0.0162. The van der Waals surface area contributed by atoms with E-state index in [-0.39, 0.29) is 23.4 Å². The summed E-state index contributed by atoms with van der Waals surface area (Å²) in [6.45, 7) is 6.02. The van der Waals surface area contributed by atoms with E-state index in [2.05, 4.69) is 5.32 Å². The minimum Gasteiger partial charge on any atom is -0.336 e. The first kappa shape index (κ1) is 14.9. The van der Waals surface area contributed by atoms with Crippen LogP contribution in [0.25, 0.3) is 0 Å². The quantitative estimate of drug-likeness (QED) is 0.911. The van der Waals surface area contributed by atoms with Gasteiger partial charge in [0.15, 0.2) is 0 Å². The van der Waals surface area contributed by atoms with Crippen molar-refractivity contribution in [1.82, 2.24) is 10.2 Å². The first-order valence-electron chi connectivity index (χ1n) is 7.90. The summed E-state index contributed by atoms with van der Waals surface area (Å²) in [5.74, 6) is 0.164. The maximum Gasteiger partial charge on any atom is 0.317 e. The fraction of sp³-hybridized carbons (Fsp3) is 0.529. The second-order valence-electron chi connectivity index (χ2n) is 6.77. The number of anilines is 1. The Labute approximate surface area is 131 Å². The molecule has 2 saturated heterocycles. The van der Waals surface area contributed by atoms with Gasteiger partial charge in [0.25, 0.3) is 0 Å². The Morgan fingerprint density at radius 3 is 2.64 bits per heavy atom. The minimum atomic E-state index is -0.0821. The molecule has 2 fully saturated rings. The summed E-state index contributed by atoms with van der Waals surface area (Å²) in [4.78, 5) is 28.3. The highest BCUT2D eigenvalue weighted by Crippen LogP contribution is 2.41. The Morgan fingerprint density at radius 2 is 1.95 bits per heavy atom. The summed E-state index contributed by atoms with van der Waals surface area (Å²) in [6, 6.07) is 9.90. The van der Waals surface area contributed by atoms with E-state index in [0.29, 0.717) is 19.5 Å². The van der Waals surface area contributed by atoms with Gasteiger partial charge < -0.3 is 15.1 Å². The van der Waals surface area contributed by atoms with E-state index in [4.69, 9.17) is 0 Å². The topological polar surface area (TPSA) is 52.7 Å². The van der Waals surface area contributed by atoms with Crippen LogP contribution in [-0.4, -0.2) is 42.5 Å². The number of nitrogens with one attached hydrogen (secondary N) is 1. The molecule has 0 radical (unpaired) electrons. The molecule has 22 heavy (non-hydrogen) atoms. The highest BCUT2D eigenvalue weighted by Gasteiger charge is 2.48. The van der Waals surface area contributed by atoms with Gasteiger partial charge in [0.1, 0.15) is 0 Å². The molecule has 2 heterocycles. The zero-order valence-corrected chi connectivity index (χ0v) is 13.2. The van der Waals surface area contributed by atoms with Crippen LogP contribution in [0.15, 0.2) is 30.3 Å². The van der Waals surface area contributed by atoms with Gasteiger partial charge in [0, 0.05) is 43.2 Å². The molecule has 2 aliphatic rings. The van der Waals surface area contributed by atoms with Gasteiger partial charge in [-0.15, -0.1) is 0 Å². The van der Waals surface area contributed by atoms with Gasteiger partial charge >= 0.3 is 6.03 Å². The Kier molecular flexibility index (Phi) is 3.81. The molecule has 5 nitrogen and oxygen atoms in total. The first-order valence-corrected chi connectivity index (χ1v) is 7.90. The number of carbonyl (C=O) groups excluding carboxylic acids is 2. The van der Waals surface area contributed by atoms with Crippen LogP contribution in [0.3, 0.4) is 0 Å². The van der Waals surface area contributed by atoms with Crippen molar-refractivity contribution >= 4 is 17.6 Å². The fourth-order valence-electron chi connectivity index (χ4n) is 3.46. The molecule has 3 amide bonds. The molecule has 0 aliphatic carbocycles. The number of benzene rings is 1. The standard InChI is InChI=1S/C17H23N3O2/c1-13(2)18-16(22)19-9-8-17(11-19)10-15(21)20(12-17)14-6-4-3-5-7-14/h3-7,13H,8-12H2,1-2H3,(H,18,22). The lowest BCUT2D eigenvalue weighted by molar-refractivity contribution is -0.117. The summed E-state index contributed by atoms with van der Waals surface area (Å²) >= 11 is 0. The third kappa shape index (κ3) is 2.80. The van der Waals surface area contributed by atoms with Crippen LogP contribution in [0, 0.1) is 5.41 Å². The lowest BCUT2D eigenvalue weighted by Crippen LogP contribution is -2.43.